The molecule has 0 aliphatic carbocycles. The number of ether oxygens (including phenoxy) is 1. The van der Waals surface area contributed by atoms with Crippen LogP contribution in [-0.2, 0) is 19.7 Å². The molecule has 1 aliphatic heterocycles. The summed E-state index contributed by atoms with van der Waals surface area (Å²) in [7, 11) is 4.05. The van der Waals surface area contributed by atoms with Gasteiger partial charge < -0.3 is 24.6 Å². The molecule has 1 aliphatic rings. The number of carbonyl (C=O) groups is 3. The van der Waals surface area contributed by atoms with Gasteiger partial charge in [-0.25, -0.2) is 4.79 Å². The smallest absolute Gasteiger partial charge is 0.355 e. The first-order chi connectivity index (χ1) is 17.3. The van der Waals surface area contributed by atoms with Gasteiger partial charge in [0.15, 0.2) is 0 Å². The van der Waals surface area contributed by atoms with Crippen molar-refractivity contribution in [3.8, 4) is 0 Å². The summed E-state index contributed by atoms with van der Waals surface area (Å²) >= 11 is 0. The maximum absolute atomic E-state index is 14.0. The topological polar surface area (TPSA) is 107 Å². The molecular weight excluding hydrogens is 470 g/mol. The Morgan fingerprint density at radius 1 is 1.14 bits per heavy atom. The van der Waals surface area contributed by atoms with Gasteiger partial charge in [0.25, 0.3) is 5.91 Å². The molecule has 8 nitrogen and oxygen atoms in total. The molecule has 1 aromatic heterocycles. The molecule has 1 saturated heterocycles. The number of carbonyl (C=O) groups excluding carboxylic acids is 3. The maximum atomic E-state index is 14.0. The van der Waals surface area contributed by atoms with Gasteiger partial charge in [-0.15, -0.1) is 0 Å². The zero-order valence-electron chi connectivity index (χ0n) is 23.2. The van der Waals surface area contributed by atoms with Gasteiger partial charge in [0.1, 0.15) is 5.69 Å². The zero-order valence-corrected chi connectivity index (χ0v) is 23.2. The number of hydrogen-bond acceptors (Lipinski definition) is 5. The number of H-pyrrole nitrogens is 1. The van der Waals surface area contributed by atoms with E-state index in [9.17, 15) is 19.5 Å². The van der Waals surface area contributed by atoms with Gasteiger partial charge in [-0.3, -0.25) is 9.59 Å². The second-order valence-corrected chi connectivity index (χ2v) is 11.0. The largest absolute Gasteiger partial charge is 0.872 e. The van der Waals surface area contributed by atoms with Gasteiger partial charge in [-0.05, 0) is 48.4 Å². The van der Waals surface area contributed by atoms with E-state index in [0.717, 1.165) is 12.1 Å². The first-order valence-electron chi connectivity index (χ1n) is 12.8. The van der Waals surface area contributed by atoms with E-state index in [1.165, 1.54) is 9.80 Å². The van der Waals surface area contributed by atoms with Crippen molar-refractivity contribution in [3.63, 3.8) is 0 Å². The van der Waals surface area contributed by atoms with Crippen LogP contribution < -0.4 is 10.0 Å². The Labute approximate surface area is 219 Å². The van der Waals surface area contributed by atoms with E-state index in [4.69, 9.17) is 4.74 Å². The Morgan fingerprint density at radius 3 is 2.30 bits per heavy atom. The van der Waals surface area contributed by atoms with Gasteiger partial charge in [0, 0.05) is 24.2 Å². The average Bonchev–Trinajstić information content (AvgIpc) is 3.25. The molecule has 2 heterocycles. The van der Waals surface area contributed by atoms with Crippen molar-refractivity contribution >= 4 is 23.4 Å². The van der Waals surface area contributed by atoms with E-state index in [1.807, 2.05) is 38.4 Å². The molecule has 8 heteroatoms. The Kier molecular flexibility index (Phi) is 8.32. The van der Waals surface area contributed by atoms with Gasteiger partial charge in [-0.2, -0.15) is 0 Å². The molecule has 200 valence electrons. The normalized spacial score (nSPS) is 17.6. The number of ketones is 1. The van der Waals surface area contributed by atoms with Crippen LogP contribution in [0.4, 0.5) is 0 Å². The standard InChI is InChI=1S/C29H39N3O5/c1-9-37-28(36)23-17(2)21(18(3)30-23)25(33)22-24(19-11-13-20(14-12-19)29(4,5)6)32(27(35)26(22)34)16-10-15-31(7)8/h11-14,24,30,33H,9-10,15-16H2,1-8H3/b25-22+. The quantitative estimate of drug-likeness (QED) is 0.245. The van der Waals surface area contributed by atoms with Gasteiger partial charge in [0.05, 0.1) is 33.3 Å². The Morgan fingerprint density at radius 2 is 1.76 bits per heavy atom. The summed E-state index contributed by atoms with van der Waals surface area (Å²) < 4.78 is 5.11. The highest BCUT2D eigenvalue weighted by Gasteiger charge is 2.44. The molecule has 1 aromatic carbocycles. The van der Waals surface area contributed by atoms with Crippen molar-refractivity contribution in [1.82, 2.24) is 9.88 Å². The lowest BCUT2D eigenvalue weighted by molar-refractivity contribution is -0.858. The molecule has 0 saturated carbocycles. The summed E-state index contributed by atoms with van der Waals surface area (Å²) in [6, 6.07) is 6.97. The summed E-state index contributed by atoms with van der Waals surface area (Å²) in [6.07, 6.45) is 0.689. The minimum atomic E-state index is -0.793. The molecule has 0 spiro atoms. The van der Waals surface area contributed by atoms with E-state index >= 15 is 0 Å². The number of nitrogens with zero attached hydrogens (tertiary/aromatic N) is 1. The van der Waals surface area contributed by atoms with E-state index in [2.05, 4.69) is 25.8 Å². The highest BCUT2D eigenvalue weighted by atomic mass is 16.5. The summed E-state index contributed by atoms with van der Waals surface area (Å²) in [5.74, 6) is -2.56. The molecule has 0 radical (unpaired) electrons. The van der Waals surface area contributed by atoms with Crippen LogP contribution in [0.5, 0.6) is 0 Å². The zero-order chi connectivity index (χ0) is 27.7. The fourth-order valence-electron chi connectivity index (χ4n) is 4.85. The number of rotatable bonds is 8. The Hall–Kier alpha value is -3.39. The van der Waals surface area contributed by atoms with Crippen molar-refractivity contribution in [2.45, 2.75) is 59.4 Å². The first kappa shape index (κ1) is 28.2. The van der Waals surface area contributed by atoms with Gasteiger partial charge >= 0.3 is 5.97 Å². The number of hydrogen-bond donors (Lipinski definition) is 2. The van der Waals surface area contributed by atoms with Crippen LogP contribution in [0.1, 0.15) is 78.6 Å². The monoisotopic (exact) mass is 509 g/mol. The van der Waals surface area contributed by atoms with Crippen molar-refractivity contribution in [2.75, 3.05) is 33.8 Å². The minimum absolute atomic E-state index is 0.0702. The molecule has 1 atom stereocenters. The third-order valence-electron chi connectivity index (χ3n) is 6.84. The van der Waals surface area contributed by atoms with Crippen LogP contribution in [0.2, 0.25) is 0 Å². The second-order valence-electron chi connectivity index (χ2n) is 11.0. The fraction of sp³-hybridized carbons (Fsp3) is 0.483. The molecular formula is C29H39N3O5. The lowest BCUT2D eigenvalue weighted by Crippen LogP contribution is -3.05. The van der Waals surface area contributed by atoms with Crippen molar-refractivity contribution < 1.29 is 29.1 Å². The van der Waals surface area contributed by atoms with Crippen LogP contribution in [0, 0.1) is 13.8 Å². The minimum Gasteiger partial charge on any atom is -0.872 e. The number of likely N-dealkylation sites (tertiary alicyclic amines) is 1. The predicted octanol–water partition coefficient (Wildman–Crippen LogP) is 1.86. The van der Waals surface area contributed by atoms with Crippen molar-refractivity contribution in [1.29, 1.82) is 0 Å². The lowest BCUT2D eigenvalue weighted by atomic mass is 9.85. The molecule has 1 fully saturated rings. The maximum Gasteiger partial charge on any atom is 0.355 e. The highest BCUT2D eigenvalue weighted by molar-refractivity contribution is 6.46. The number of amides is 1. The molecule has 2 aromatic rings. The predicted molar refractivity (Wildman–Crippen MR) is 140 cm³/mol. The van der Waals surface area contributed by atoms with E-state index in [-0.39, 0.29) is 28.9 Å². The number of aromatic amines is 1. The summed E-state index contributed by atoms with van der Waals surface area (Å²) in [4.78, 5) is 44.7. The van der Waals surface area contributed by atoms with Crippen molar-refractivity contribution in [2.24, 2.45) is 0 Å². The van der Waals surface area contributed by atoms with Crippen molar-refractivity contribution in [3.05, 3.63) is 63.5 Å². The van der Waals surface area contributed by atoms with Crippen LogP contribution in [-0.4, -0.2) is 61.3 Å². The molecule has 2 N–H and O–H groups in total. The third kappa shape index (κ3) is 5.64. The number of nitrogens with one attached hydrogen (secondary N) is 2. The van der Waals surface area contributed by atoms with Crippen LogP contribution in [0.25, 0.3) is 5.76 Å². The average molecular weight is 510 g/mol. The molecule has 0 bridgehead atoms. The summed E-state index contributed by atoms with van der Waals surface area (Å²) in [5.41, 5.74) is 2.95. The molecule has 1 amide bonds. The van der Waals surface area contributed by atoms with Crippen LogP contribution in [0.3, 0.4) is 0 Å². The van der Waals surface area contributed by atoms with Crippen LogP contribution in [0.15, 0.2) is 29.8 Å². The highest BCUT2D eigenvalue weighted by Crippen LogP contribution is 2.40. The number of quaternary nitrogens is 1. The Bertz CT molecular complexity index is 1220. The number of benzene rings is 1. The van der Waals surface area contributed by atoms with Gasteiger partial charge in [0.2, 0.25) is 5.78 Å². The molecule has 1 unspecified atom stereocenters. The number of aromatic nitrogens is 1. The molecule has 3 rings (SSSR count). The number of aryl methyl sites for hydroxylation is 1. The third-order valence-corrected chi connectivity index (χ3v) is 6.84. The van der Waals surface area contributed by atoms with E-state index in [0.29, 0.717) is 29.8 Å². The lowest BCUT2D eigenvalue weighted by Gasteiger charge is -2.28. The van der Waals surface area contributed by atoms with E-state index < -0.39 is 29.5 Å². The second kappa shape index (κ2) is 10.9. The first-order valence-corrected chi connectivity index (χ1v) is 12.8. The van der Waals surface area contributed by atoms with Crippen LogP contribution >= 0.6 is 0 Å². The Balaban J connectivity index is 2.17. The number of esters is 1. The summed E-state index contributed by atoms with van der Waals surface area (Å²) in [5, 5.41) is 14.0. The summed E-state index contributed by atoms with van der Waals surface area (Å²) in [6.45, 7) is 12.7. The SMILES string of the molecule is CCOC(=O)c1[nH]c(C)c(/C([O-])=C2\C(=O)C(=O)N(CCC[NH+](C)C)C2c2ccc(C(C)(C)C)cc2)c1C. The molecule has 37 heavy (non-hydrogen) atoms. The fourth-order valence-corrected chi connectivity index (χ4v) is 4.85. The number of Topliss-reactive ketones (excluding diaryl/α,β-unsaturated/α-hetero) is 1. The van der Waals surface area contributed by atoms with E-state index in [1.54, 1.807) is 20.8 Å². The van der Waals surface area contributed by atoms with Gasteiger partial charge in [-0.1, -0.05) is 50.8 Å².